The number of aromatic nitrogens is 2. The van der Waals surface area contributed by atoms with Crippen LogP contribution in [0.15, 0.2) is 24.4 Å². The fourth-order valence-corrected chi connectivity index (χ4v) is 1.95. The monoisotopic (exact) mass is 265 g/mol. The Morgan fingerprint density at radius 1 is 1.37 bits per heavy atom. The van der Waals surface area contributed by atoms with Crippen molar-refractivity contribution in [2.75, 3.05) is 0 Å². The molecule has 0 aliphatic carbocycles. The number of nitrogens with one attached hydrogen (secondary N) is 1. The van der Waals surface area contributed by atoms with E-state index in [0.29, 0.717) is 12.1 Å². The highest BCUT2D eigenvalue weighted by molar-refractivity contribution is 5.22. The Morgan fingerprint density at radius 2 is 2.11 bits per heavy atom. The fourth-order valence-electron chi connectivity index (χ4n) is 1.95. The highest BCUT2D eigenvalue weighted by atomic mass is 19.2. The Bertz CT molecular complexity index is 578. The lowest BCUT2D eigenvalue weighted by Crippen LogP contribution is -2.19. The number of rotatable bonds is 4. The molecule has 5 heteroatoms. The molecule has 2 rings (SSSR count). The van der Waals surface area contributed by atoms with Gasteiger partial charge in [0.2, 0.25) is 0 Å². The zero-order valence-corrected chi connectivity index (χ0v) is 11.2. The van der Waals surface area contributed by atoms with E-state index < -0.39 is 11.6 Å². The van der Waals surface area contributed by atoms with Crippen molar-refractivity contribution in [3.8, 4) is 0 Å². The van der Waals surface area contributed by atoms with E-state index in [0.717, 1.165) is 17.3 Å². The summed E-state index contributed by atoms with van der Waals surface area (Å²) in [6.07, 6.45) is 1.77. The van der Waals surface area contributed by atoms with Crippen molar-refractivity contribution in [2.24, 2.45) is 7.05 Å². The highest BCUT2D eigenvalue weighted by Gasteiger charge is 2.14. The smallest absolute Gasteiger partial charge is 0.163 e. The zero-order chi connectivity index (χ0) is 14.0. The maximum absolute atomic E-state index is 13.6. The summed E-state index contributed by atoms with van der Waals surface area (Å²) < 4.78 is 28.6. The third-order valence-corrected chi connectivity index (χ3v) is 3.38. The largest absolute Gasteiger partial charge is 0.306 e. The van der Waals surface area contributed by atoms with Crippen LogP contribution in [0.1, 0.15) is 29.8 Å². The quantitative estimate of drug-likeness (QED) is 0.921. The Kier molecular flexibility index (Phi) is 3.95. The molecule has 1 aromatic carbocycles. The molecule has 0 radical (unpaired) electrons. The summed E-state index contributed by atoms with van der Waals surface area (Å²) in [5, 5.41) is 7.32. The van der Waals surface area contributed by atoms with E-state index in [2.05, 4.69) is 10.4 Å². The number of halogens is 2. The van der Waals surface area contributed by atoms with Crippen LogP contribution in [0.25, 0.3) is 0 Å². The average molecular weight is 265 g/mol. The summed E-state index contributed by atoms with van der Waals surface area (Å²) >= 11 is 0. The Labute approximate surface area is 111 Å². The van der Waals surface area contributed by atoms with E-state index in [1.807, 2.05) is 20.9 Å². The topological polar surface area (TPSA) is 29.9 Å². The van der Waals surface area contributed by atoms with Crippen molar-refractivity contribution in [1.82, 2.24) is 15.1 Å². The lowest BCUT2D eigenvalue weighted by atomic mass is 10.1. The maximum Gasteiger partial charge on any atom is 0.163 e. The first-order valence-electron chi connectivity index (χ1n) is 6.15. The van der Waals surface area contributed by atoms with Crippen molar-refractivity contribution in [1.29, 1.82) is 0 Å². The average Bonchev–Trinajstić information content (AvgIpc) is 2.70. The summed E-state index contributed by atoms with van der Waals surface area (Å²) in [4.78, 5) is 0. The van der Waals surface area contributed by atoms with Crippen molar-refractivity contribution < 1.29 is 8.78 Å². The van der Waals surface area contributed by atoms with Gasteiger partial charge in [0.05, 0.1) is 6.20 Å². The molecule has 3 nitrogen and oxygen atoms in total. The minimum atomic E-state index is -0.816. The van der Waals surface area contributed by atoms with Gasteiger partial charge in [0.15, 0.2) is 11.6 Å². The molecule has 0 amide bonds. The van der Waals surface area contributed by atoms with Crippen LogP contribution in [-0.4, -0.2) is 9.78 Å². The standard InChI is InChI=1S/C14H17F2N3/c1-9(12-5-4-6-13(15)14(12)16)17-7-11-8-18-19(3)10(11)2/h4-6,8-9,17H,7H2,1-3H3. The van der Waals surface area contributed by atoms with Gasteiger partial charge in [0, 0.05) is 36.5 Å². The van der Waals surface area contributed by atoms with Gasteiger partial charge in [-0.05, 0) is 19.9 Å². The third kappa shape index (κ3) is 2.81. The van der Waals surface area contributed by atoms with Gasteiger partial charge in [-0.2, -0.15) is 5.10 Å². The van der Waals surface area contributed by atoms with Crippen molar-refractivity contribution in [2.45, 2.75) is 26.4 Å². The molecular weight excluding hydrogens is 248 g/mol. The van der Waals surface area contributed by atoms with Crippen LogP contribution in [0.3, 0.4) is 0 Å². The number of benzene rings is 1. The second kappa shape index (κ2) is 5.48. The molecular formula is C14H17F2N3. The van der Waals surface area contributed by atoms with Crippen LogP contribution < -0.4 is 5.32 Å². The van der Waals surface area contributed by atoms with Gasteiger partial charge < -0.3 is 5.32 Å². The summed E-state index contributed by atoms with van der Waals surface area (Å²) in [6, 6.07) is 3.96. The van der Waals surface area contributed by atoms with Crippen LogP contribution in [-0.2, 0) is 13.6 Å². The number of hydrogen-bond donors (Lipinski definition) is 1. The second-order valence-electron chi connectivity index (χ2n) is 4.62. The fraction of sp³-hybridized carbons (Fsp3) is 0.357. The van der Waals surface area contributed by atoms with Crippen molar-refractivity contribution in [3.05, 3.63) is 52.9 Å². The number of hydrogen-bond acceptors (Lipinski definition) is 2. The van der Waals surface area contributed by atoms with Gasteiger partial charge >= 0.3 is 0 Å². The normalized spacial score (nSPS) is 12.7. The lowest BCUT2D eigenvalue weighted by Gasteiger charge is -2.15. The molecule has 1 N–H and O–H groups in total. The lowest BCUT2D eigenvalue weighted by molar-refractivity contribution is 0.472. The molecule has 1 atom stereocenters. The Balaban J connectivity index is 2.07. The third-order valence-electron chi connectivity index (χ3n) is 3.38. The molecule has 1 unspecified atom stereocenters. The van der Waals surface area contributed by atoms with E-state index >= 15 is 0 Å². The van der Waals surface area contributed by atoms with Gasteiger partial charge in [-0.25, -0.2) is 8.78 Å². The molecule has 0 saturated heterocycles. The first-order valence-corrected chi connectivity index (χ1v) is 6.15. The highest BCUT2D eigenvalue weighted by Crippen LogP contribution is 2.19. The molecule has 0 saturated carbocycles. The molecule has 0 spiro atoms. The van der Waals surface area contributed by atoms with Crippen molar-refractivity contribution in [3.63, 3.8) is 0 Å². The Hall–Kier alpha value is -1.75. The first kappa shape index (κ1) is 13.7. The van der Waals surface area contributed by atoms with E-state index in [4.69, 9.17) is 0 Å². The SMILES string of the molecule is Cc1c(CNC(C)c2cccc(F)c2F)cnn1C. The second-order valence-corrected chi connectivity index (χ2v) is 4.62. The predicted molar refractivity (Wildman–Crippen MR) is 69.6 cm³/mol. The molecule has 1 aromatic heterocycles. The summed E-state index contributed by atoms with van der Waals surface area (Å²) in [7, 11) is 1.87. The van der Waals surface area contributed by atoms with E-state index in [1.165, 1.54) is 6.07 Å². The van der Waals surface area contributed by atoms with Crippen LogP contribution in [0.5, 0.6) is 0 Å². The minimum Gasteiger partial charge on any atom is -0.306 e. The summed E-state index contributed by atoms with van der Waals surface area (Å²) in [5.74, 6) is -1.60. The van der Waals surface area contributed by atoms with E-state index in [1.54, 1.807) is 16.9 Å². The van der Waals surface area contributed by atoms with Crippen LogP contribution in [0, 0.1) is 18.6 Å². The van der Waals surface area contributed by atoms with Gasteiger partial charge in [-0.15, -0.1) is 0 Å². The van der Waals surface area contributed by atoms with Gasteiger partial charge in [0.25, 0.3) is 0 Å². The van der Waals surface area contributed by atoms with Gasteiger partial charge in [-0.1, -0.05) is 12.1 Å². The summed E-state index contributed by atoms with van der Waals surface area (Å²) in [6.45, 7) is 4.35. The maximum atomic E-state index is 13.6. The van der Waals surface area contributed by atoms with Crippen LogP contribution >= 0.6 is 0 Å². The summed E-state index contributed by atoms with van der Waals surface area (Å²) in [5.41, 5.74) is 2.44. The molecule has 0 fully saturated rings. The predicted octanol–water partition coefficient (Wildman–Crippen LogP) is 2.86. The zero-order valence-electron chi connectivity index (χ0n) is 11.2. The molecule has 0 bridgehead atoms. The van der Waals surface area contributed by atoms with Gasteiger partial charge in [-0.3, -0.25) is 4.68 Å². The molecule has 0 aliphatic rings. The van der Waals surface area contributed by atoms with E-state index in [-0.39, 0.29) is 6.04 Å². The number of nitrogens with zero attached hydrogens (tertiary/aromatic N) is 2. The Morgan fingerprint density at radius 3 is 2.74 bits per heavy atom. The van der Waals surface area contributed by atoms with Crippen LogP contribution in [0.4, 0.5) is 8.78 Å². The molecule has 0 aliphatic heterocycles. The number of aryl methyl sites for hydroxylation is 1. The molecule has 19 heavy (non-hydrogen) atoms. The molecule has 1 heterocycles. The van der Waals surface area contributed by atoms with Gasteiger partial charge in [0.1, 0.15) is 0 Å². The minimum absolute atomic E-state index is 0.268. The van der Waals surface area contributed by atoms with Crippen LogP contribution in [0.2, 0.25) is 0 Å². The molecule has 2 aromatic rings. The van der Waals surface area contributed by atoms with Crippen molar-refractivity contribution >= 4 is 0 Å². The first-order chi connectivity index (χ1) is 9.00. The van der Waals surface area contributed by atoms with E-state index in [9.17, 15) is 8.78 Å². The molecule has 102 valence electrons.